The smallest absolute Gasteiger partial charge is 0.220 e. The van der Waals surface area contributed by atoms with Crippen molar-refractivity contribution in [3.63, 3.8) is 0 Å². The van der Waals surface area contributed by atoms with Crippen molar-refractivity contribution in [1.82, 2.24) is 5.32 Å². The van der Waals surface area contributed by atoms with Crippen LogP contribution in [0, 0.1) is 0 Å². The molecule has 0 aromatic carbocycles. The molecule has 0 bridgehead atoms. The summed E-state index contributed by atoms with van der Waals surface area (Å²) in [4.78, 5) is 21.2. The Bertz CT molecular complexity index is 120. The lowest BCUT2D eigenvalue weighted by Crippen LogP contribution is -2.17. The van der Waals surface area contributed by atoms with Crippen LogP contribution in [0.1, 0.15) is 12.8 Å². The topological polar surface area (TPSA) is 46.2 Å². The van der Waals surface area contributed by atoms with E-state index in [2.05, 4.69) is 5.32 Å². The Labute approximate surface area is 64.6 Å². The van der Waals surface area contributed by atoms with Crippen molar-refractivity contribution in [2.45, 2.75) is 12.8 Å². The van der Waals surface area contributed by atoms with Crippen molar-refractivity contribution in [3.8, 4) is 0 Å². The van der Waals surface area contributed by atoms with Gasteiger partial charge in [0.25, 0.3) is 0 Å². The number of nitrogens with one attached hydrogen (secondary N) is 1. The molecule has 4 heteroatoms. The molecule has 0 radical (unpaired) electrons. The van der Waals surface area contributed by atoms with E-state index in [1.807, 2.05) is 0 Å². The predicted octanol–water partition coefficient (Wildman–Crippen LogP) is 0.402. The lowest BCUT2D eigenvalue weighted by Gasteiger charge is -1.95. The number of amides is 1. The Balaban J connectivity index is 3.35. The largest absolute Gasteiger partial charge is 0.359 e. The summed E-state index contributed by atoms with van der Waals surface area (Å²) in [5.41, 5.74) is 0. The third-order valence-corrected chi connectivity index (χ3v) is 1.72. The molecule has 1 amide bonds. The molecule has 0 atom stereocenters. The van der Waals surface area contributed by atoms with Gasteiger partial charge in [-0.1, -0.05) is 11.8 Å². The van der Waals surface area contributed by atoms with E-state index in [4.69, 9.17) is 0 Å². The summed E-state index contributed by atoms with van der Waals surface area (Å²) >= 11 is 1.16. The third kappa shape index (κ3) is 4.38. The second-order valence-corrected chi connectivity index (χ2v) is 2.61. The molecule has 0 unspecified atom stereocenters. The molecular weight excluding hydrogens is 150 g/mol. The molecule has 0 aliphatic rings. The SMILES string of the molecule is CNC(=O)CCC(=O)SC. The van der Waals surface area contributed by atoms with E-state index < -0.39 is 0 Å². The van der Waals surface area contributed by atoms with Crippen LogP contribution in [-0.4, -0.2) is 24.3 Å². The Hall–Kier alpha value is -0.510. The van der Waals surface area contributed by atoms with Crippen molar-refractivity contribution >= 4 is 22.8 Å². The number of hydrogen-bond acceptors (Lipinski definition) is 3. The van der Waals surface area contributed by atoms with Gasteiger partial charge in [-0.25, -0.2) is 0 Å². The van der Waals surface area contributed by atoms with Gasteiger partial charge in [-0.15, -0.1) is 0 Å². The van der Waals surface area contributed by atoms with Gasteiger partial charge in [0, 0.05) is 19.9 Å². The van der Waals surface area contributed by atoms with Gasteiger partial charge in [0.05, 0.1) is 0 Å². The molecule has 0 aromatic heterocycles. The lowest BCUT2D eigenvalue weighted by molar-refractivity contribution is -0.122. The van der Waals surface area contributed by atoms with Crippen LogP contribution in [0.25, 0.3) is 0 Å². The molecule has 0 fully saturated rings. The van der Waals surface area contributed by atoms with Gasteiger partial charge in [-0.3, -0.25) is 9.59 Å². The number of carbonyl (C=O) groups is 2. The van der Waals surface area contributed by atoms with E-state index in [9.17, 15) is 9.59 Å². The summed E-state index contributed by atoms with van der Waals surface area (Å²) in [5, 5.41) is 2.50. The molecule has 0 spiro atoms. The summed E-state index contributed by atoms with van der Waals surface area (Å²) in [6.45, 7) is 0. The normalized spacial score (nSPS) is 9.00. The Morgan fingerprint density at radius 3 is 2.40 bits per heavy atom. The molecule has 0 saturated carbocycles. The zero-order chi connectivity index (χ0) is 7.98. The average Bonchev–Trinajstić information content (AvgIpc) is 1.99. The highest BCUT2D eigenvalue weighted by Gasteiger charge is 2.02. The summed E-state index contributed by atoms with van der Waals surface area (Å²) in [6, 6.07) is 0. The molecule has 0 rings (SSSR count). The van der Waals surface area contributed by atoms with Crippen LogP contribution >= 0.6 is 11.8 Å². The second-order valence-electron chi connectivity index (χ2n) is 1.75. The zero-order valence-electron chi connectivity index (χ0n) is 6.14. The second kappa shape index (κ2) is 5.29. The van der Waals surface area contributed by atoms with Gasteiger partial charge < -0.3 is 5.32 Å². The fourth-order valence-corrected chi connectivity index (χ4v) is 0.749. The molecule has 0 heterocycles. The maximum atomic E-state index is 10.6. The van der Waals surface area contributed by atoms with Gasteiger partial charge in [0.2, 0.25) is 5.91 Å². The summed E-state index contributed by atoms with van der Waals surface area (Å²) in [5.74, 6) is -0.0811. The minimum Gasteiger partial charge on any atom is -0.359 e. The first-order chi connectivity index (χ1) is 4.70. The minimum absolute atomic E-state index is 0.0589. The highest BCUT2D eigenvalue weighted by Crippen LogP contribution is 2.01. The van der Waals surface area contributed by atoms with E-state index in [1.165, 1.54) is 0 Å². The fraction of sp³-hybridized carbons (Fsp3) is 0.667. The van der Waals surface area contributed by atoms with E-state index in [-0.39, 0.29) is 11.0 Å². The fourth-order valence-electron chi connectivity index (χ4n) is 0.443. The van der Waals surface area contributed by atoms with E-state index in [0.29, 0.717) is 12.8 Å². The Kier molecular flexibility index (Phi) is 5.02. The molecule has 0 aliphatic heterocycles. The first kappa shape index (κ1) is 9.49. The number of rotatable bonds is 3. The molecule has 0 aliphatic carbocycles. The van der Waals surface area contributed by atoms with Crippen molar-refractivity contribution < 1.29 is 9.59 Å². The standard InChI is InChI=1S/C6H11NO2S/c1-7-5(8)3-4-6(9)10-2/h3-4H2,1-2H3,(H,7,8). The summed E-state index contributed by atoms with van der Waals surface area (Å²) < 4.78 is 0. The van der Waals surface area contributed by atoms with Crippen LogP contribution in [0.4, 0.5) is 0 Å². The van der Waals surface area contributed by atoms with Gasteiger partial charge in [-0.05, 0) is 6.26 Å². The van der Waals surface area contributed by atoms with Gasteiger partial charge in [-0.2, -0.15) is 0 Å². The average molecular weight is 161 g/mol. The number of carbonyl (C=O) groups excluding carboxylic acids is 2. The predicted molar refractivity (Wildman–Crippen MR) is 41.8 cm³/mol. The van der Waals surface area contributed by atoms with Crippen LogP contribution in [0.5, 0.6) is 0 Å². The minimum atomic E-state index is -0.0811. The van der Waals surface area contributed by atoms with Crippen molar-refractivity contribution in [2.24, 2.45) is 0 Å². The number of thioether (sulfide) groups is 1. The highest BCUT2D eigenvalue weighted by atomic mass is 32.2. The van der Waals surface area contributed by atoms with Crippen molar-refractivity contribution in [3.05, 3.63) is 0 Å². The highest BCUT2D eigenvalue weighted by molar-refractivity contribution is 8.13. The van der Waals surface area contributed by atoms with Crippen LogP contribution in [0.15, 0.2) is 0 Å². The van der Waals surface area contributed by atoms with E-state index in [0.717, 1.165) is 11.8 Å². The van der Waals surface area contributed by atoms with Crippen LogP contribution in [-0.2, 0) is 9.59 Å². The summed E-state index contributed by atoms with van der Waals surface area (Å²) in [6.07, 6.45) is 2.35. The molecule has 0 saturated heterocycles. The Morgan fingerprint density at radius 1 is 1.40 bits per heavy atom. The first-order valence-electron chi connectivity index (χ1n) is 2.98. The van der Waals surface area contributed by atoms with Crippen LogP contribution < -0.4 is 5.32 Å². The van der Waals surface area contributed by atoms with Gasteiger partial charge in [0.1, 0.15) is 0 Å². The molecule has 0 aromatic rings. The van der Waals surface area contributed by atoms with Crippen molar-refractivity contribution in [2.75, 3.05) is 13.3 Å². The van der Waals surface area contributed by atoms with Gasteiger partial charge >= 0.3 is 0 Å². The Morgan fingerprint density at radius 2 is 2.00 bits per heavy atom. The lowest BCUT2D eigenvalue weighted by atomic mass is 10.3. The molecule has 1 N–H and O–H groups in total. The van der Waals surface area contributed by atoms with Crippen LogP contribution in [0.3, 0.4) is 0 Å². The maximum absolute atomic E-state index is 10.6. The number of hydrogen-bond donors (Lipinski definition) is 1. The quantitative estimate of drug-likeness (QED) is 0.651. The first-order valence-corrected chi connectivity index (χ1v) is 4.20. The monoisotopic (exact) mass is 161 g/mol. The van der Waals surface area contributed by atoms with E-state index >= 15 is 0 Å². The molecular formula is C6H11NO2S. The zero-order valence-corrected chi connectivity index (χ0v) is 6.96. The molecule has 58 valence electrons. The molecule has 10 heavy (non-hydrogen) atoms. The maximum Gasteiger partial charge on any atom is 0.220 e. The third-order valence-electron chi connectivity index (χ3n) is 1.06. The van der Waals surface area contributed by atoms with Gasteiger partial charge in [0.15, 0.2) is 5.12 Å². The van der Waals surface area contributed by atoms with E-state index in [1.54, 1.807) is 13.3 Å². The van der Waals surface area contributed by atoms with Crippen LogP contribution in [0.2, 0.25) is 0 Å². The molecule has 3 nitrogen and oxygen atoms in total. The summed E-state index contributed by atoms with van der Waals surface area (Å²) in [7, 11) is 1.56. The van der Waals surface area contributed by atoms with Crippen molar-refractivity contribution in [1.29, 1.82) is 0 Å².